The number of carbonyl (C=O) groups excluding carboxylic acids is 3. The zero-order valence-corrected chi connectivity index (χ0v) is 25.6. The zero-order valence-electron chi connectivity index (χ0n) is 24.0. The highest BCUT2D eigenvalue weighted by Crippen LogP contribution is 2.44. The van der Waals surface area contributed by atoms with E-state index in [0.29, 0.717) is 27.2 Å². The summed E-state index contributed by atoms with van der Waals surface area (Å²) in [4.78, 5) is 42.6. The molecule has 2 aromatic heterocycles. The number of Topliss-reactive ketones (excluding diaryl/α,β-unsaturated/α-hetero) is 2. The third-order valence-corrected chi connectivity index (χ3v) is 10.1. The van der Waals surface area contributed by atoms with Crippen molar-refractivity contribution in [2.75, 3.05) is 4.90 Å². The molecule has 7 nitrogen and oxygen atoms in total. The van der Waals surface area contributed by atoms with Crippen LogP contribution in [0.15, 0.2) is 106 Å². The van der Waals surface area contributed by atoms with Gasteiger partial charge in [0.1, 0.15) is 11.5 Å². The molecule has 1 aliphatic rings. The molecule has 0 saturated carbocycles. The van der Waals surface area contributed by atoms with Crippen molar-refractivity contribution >= 4 is 67.4 Å². The van der Waals surface area contributed by atoms with Crippen LogP contribution in [0.5, 0.6) is 0 Å². The number of rotatable bonds is 8. The van der Waals surface area contributed by atoms with E-state index in [9.17, 15) is 14.4 Å². The number of thioether (sulfide) groups is 1. The fourth-order valence-electron chi connectivity index (χ4n) is 5.73. The van der Waals surface area contributed by atoms with E-state index in [0.717, 1.165) is 21.9 Å². The van der Waals surface area contributed by atoms with Crippen molar-refractivity contribution in [2.45, 2.75) is 35.9 Å². The first-order chi connectivity index (χ1) is 21.4. The van der Waals surface area contributed by atoms with Gasteiger partial charge in [-0.25, -0.2) is 0 Å². The Labute approximate surface area is 261 Å². The van der Waals surface area contributed by atoms with Gasteiger partial charge in [0.15, 0.2) is 10.1 Å². The maximum absolute atomic E-state index is 13.9. The number of carbonyl (C=O) groups is 3. The van der Waals surface area contributed by atoms with Crippen LogP contribution >= 0.6 is 23.1 Å². The van der Waals surface area contributed by atoms with E-state index in [1.807, 2.05) is 60.7 Å². The Balaban J connectivity index is 1.23. The van der Waals surface area contributed by atoms with Crippen molar-refractivity contribution in [1.29, 1.82) is 0 Å². The van der Waals surface area contributed by atoms with Crippen LogP contribution in [0, 0.1) is 5.92 Å². The van der Waals surface area contributed by atoms with Crippen molar-refractivity contribution in [1.82, 2.24) is 10.2 Å². The van der Waals surface area contributed by atoms with Gasteiger partial charge in [-0.2, -0.15) is 0 Å². The Morgan fingerprint density at radius 2 is 1.64 bits per heavy atom. The number of fused-ring (bicyclic) bond motifs is 2. The fraction of sp³-hybridized carbons (Fsp3) is 0.171. The van der Waals surface area contributed by atoms with Crippen molar-refractivity contribution in [3.8, 4) is 0 Å². The summed E-state index contributed by atoms with van der Waals surface area (Å²) in [5.74, 6) is -2.38. The lowest BCUT2D eigenvalue weighted by atomic mass is 9.87. The van der Waals surface area contributed by atoms with Crippen LogP contribution in [-0.2, 0) is 15.3 Å². The van der Waals surface area contributed by atoms with Gasteiger partial charge in [-0.05, 0) is 45.5 Å². The summed E-state index contributed by atoms with van der Waals surface area (Å²) in [6.07, 6.45) is 0. The Hall–Kier alpha value is -4.60. The highest BCUT2D eigenvalue weighted by atomic mass is 32.2. The SMILES string of the molecule is CC(C)c1ccc(C2C(C(=O)c3cc4ccccc4o3)C(=O)C(=O)N2c2nnc(SCc3cccc4ccccc34)s2)cc1. The first-order valence-corrected chi connectivity index (χ1v) is 16.1. The number of para-hydroxylation sites is 1. The molecule has 0 bridgehead atoms. The molecular formula is C35H27N3O4S2. The average molecular weight is 618 g/mol. The van der Waals surface area contributed by atoms with Gasteiger partial charge in [-0.15, -0.1) is 10.2 Å². The van der Waals surface area contributed by atoms with Gasteiger partial charge in [-0.1, -0.05) is 122 Å². The smallest absolute Gasteiger partial charge is 0.297 e. The van der Waals surface area contributed by atoms with Gasteiger partial charge in [0, 0.05) is 11.1 Å². The monoisotopic (exact) mass is 617 g/mol. The lowest BCUT2D eigenvalue weighted by molar-refractivity contribution is -0.135. The number of benzene rings is 4. The third-order valence-electron chi connectivity index (χ3n) is 8.03. The van der Waals surface area contributed by atoms with Gasteiger partial charge < -0.3 is 4.42 Å². The molecule has 7 rings (SSSR count). The molecule has 44 heavy (non-hydrogen) atoms. The minimum Gasteiger partial charge on any atom is -0.453 e. The second-order valence-electron chi connectivity index (χ2n) is 11.1. The van der Waals surface area contributed by atoms with E-state index < -0.39 is 29.4 Å². The number of furan rings is 1. The third kappa shape index (κ3) is 5.02. The first kappa shape index (κ1) is 28.2. The molecule has 1 fully saturated rings. The standard InChI is InChI=1S/C35H27N3O4S2/c1-20(2)21-14-16-23(17-15-21)30-29(31(39)28-18-24-9-4-6-13-27(24)42-28)32(40)33(41)38(30)34-36-37-35(44-34)43-19-25-11-7-10-22-8-3-5-12-26(22)25/h3-18,20,29-30H,19H2,1-2H3. The van der Waals surface area contributed by atoms with E-state index in [-0.39, 0.29) is 10.9 Å². The van der Waals surface area contributed by atoms with Crippen molar-refractivity contribution < 1.29 is 18.8 Å². The lowest BCUT2D eigenvalue weighted by Crippen LogP contribution is -2.30. The van der Waals surface area contributed by atoms with Crippen LogP contribution in [0.25, 0.3) is 21.7 Å². The van der Waals surface area contributed by atoms with Crippen LogP contribution in [0.3, 0.4) is 0 Å². The topological polar surface area (TPSA) is 93.4 Å². The molecule has 1 aliphatic heterocycles. The highest BCUT2D eigenvalue weighted by Gasteiger charge is 2.54. The summed E-state index contributed by atoms with van der Waals surface area (Å²) in [5.41, 5.74) is 3.48. The van der Waals surface area contributed by atoms with Crippen LogP contribution in [0.1, 0.15) is 53.1 Å². The fourth-order valence-corrected chi connectivity index (χ4v) is 7.61. The molecule has 4 aromatic carbocycles. The summed E-state index contributed by atoms with van der Waals surface area (Å²) in [6, 6.07) is 30.1. The number of nitrogens with zero attached hydrogens (tertiary/aromatic N) is 3. The van der Waals surface area contributed by atoms with Gasteiger partial charge >= 0.3 is 0 Å². The molecule has 0 spiro atoms. The van der Waals surface area contributed by atoms with Crippen molar-refractivity contribution in [3.05, 3.63) is 120 Å². The Morgan fingerprint density at radius 3 is 2.41 bits per heavy atom. The number of anilines is 1. The molecular weight excluding hydrogens is 591 g/mol. The molecule has 2 unspecified atom stereocenters. The minimum absolute atomic E-state index is 0.0478. The second-order valence-corrected chi connectivity index (χ2v) is 13.3. The summed E-state index contributed by atoms with van der Waals surface area (Å²) in [7, 11) is 0. The average Bonchev–Trinajstić information content (AvgIpc) is 3.76. The summed E-state index contributed by atoms with van der Waals surface area (Å²) in [5, 5.41) is 12.1. The molecule has 218 valence electrons. The number of hydrogen-bond donors (Lipinski definition) is 0. The Bertz CT molecular complexity index is 2010. The maximum atomic E-state index is 13.9. The first-order valence-electron chi connectivity index (χ1n) is 14.3. The second kappa shape index (κ2) is 11.5. The van der Waals surface area contributed by atoms with Crippen molar-refractivity contribution in [2.24, 2.45) is 5.92 Å². The predicted molar refractivity (Wildman–Crippen MR) is 173 cm³/mol. The number of ketones is 2. The van der Waals surface area contributed by atoms with E-state index in [1.54, 1.807) is 12.1 Å². The molecule has 0 radical (unpaired) electrons. The maximum Gasteiger partial charge on any atom is 0.297 e. The van der Waals surface area contributed by atoms with Crippen LogP contribution in [0.2, 0.25) is 0 Å². The molecule has 0 N–H and O–H groups in total. The molecule has 2 atom stereocenters. The largest absolute Gasteiger partial charge is 0.453 e. The lowest BCUT2D eigenvalue weighted by Gasteiger charge is -2.24. The minimum atomic E-state index is -1.29. The van der Waals surface area contributed by atoms with Crippen LogP contribution in [-0.4, -0.2) is 27.7 Å². The Kier molecular flexibility index (Phi) is 7.35. The van der Waals surface area contributed by atoms with E-state index in [2.05, 4.69) is 48.3 Å². The van der Waals surface area contributed by atoms with E-state index >= 15 is 0 Å². The number of hydrogen-bond acceptors (Lipinski definition) is 8. The molecule has 1 saturated heterocycles. The highest BCUT2D eigenvalue weighted by molar-refractivity contribution is 8.00. The van der Waals surface area contributed by atoms with Gasteiger partial charge in [0.2, 0.25) is 16.7 Å². The summed E-state index contributed by atoms with van der Waals surface area (Å²) >= 11 is 2.76. The summed E-state index contributed by atoms with van der Waals surface area (Å²) in [6.45, 7) is 4.19. The molecule has 1 amide bonds. The molecule has 6 aromatic rings. The zero-order chi connectivity index (χ0) is 30.4. The molecule has 0 aliphatic carbocycles. The van der Waals surface area contributed by atoms with Gasteiger partial charge in [-0.3, -0.25) is 19.3 Å². The quantitative estimate of drug-likeness (QED) is 0.0561. The number of aromatic nitrogens is 2. The van der Waals surface area contributed by atoms with Crippen molar-refractivity contribution in [3.63, 3.8) is 0 Å². The van der Waals surface area contributed by atoms with Crippen LogP contribution in [0.4, 0.5) is 5.13 Å². The molecule has 9 heteroatoms. The predicted octanol–water partition coefficient (Wildman–Crippen LogP) is 8.01. The summed E-state index contributed by atoms with van der Waals surface area (Å²) < 4.78 is 6.51. The Morgan fingerprint density at radius 1 is 0.909 bits per heavy atom. The normalized spacial score (nSPS) is 16.9. The van der Waals surface area contributed by atoms with E-state index in [4.69, 9.17) is 4.42 Å². The molecule has 3 heterocycles. The number of amides is 1. The van der Waals surface area contributed by atoms with Gasteiger partial charge in [0.25, 0.3) is 5.91 Å². The van der Waals surface area contributed by atoms with E-state index in [1.165, 1.54) is 33.4 Å². The van der Waals surface area contributed by atoms with Gasteiger partial charge in [0.05, 0.1) is 6.04 Å². The van der Waals surface area contributed by atoms with Crippen LogP contribution < -0.4 is 4.90 Å².